The summed E-state index contributed by atoms with van der Waals surface area (Å²) in [6, 6.07) is 7.31. The number of aryl methyl sites for hydroxylation is 1. The van der Waals surface area contributed by atoms with Gasteiger partial charge in [0.15, 0.2) is 0 Å². The molecule has 6 nitrogen and oxygen atoms in total. The molecule has 0 atom stereocenters. The van der Waals surface area contributed by atoms with E-state index in [-0.39, 0.29) is 12.5 Å². The summed E-state index contributed by atoms with van der Waals surface area (Å²) in [5.74, 6) is -0.360. The van der Waals surface area contributed by atoms with E-state index in [1.807, 2.05) is 29.2 Å². The van der Waals surface area contributed by atoms with Gasteiger partial charge in [0.05, 0.1) is 5.69 Å². The van der Waals surface area contributed by atoms with Crippen LogP contribution in [0.5, 0.6) is 0 Å². The topological polar surface area (TPSA) is 71.5 Å². The van der Waals surface area contributed by atoms with Crippen molar-refractivity contribution >= 4 is 28.4 Å². The second kappa shape index (κ2) is 8.31. The Labute approximate surface area is 157 Å². The zero-order valence-electron chi connectivity index (χ0n) is 15.1. The Bertz CT molecular complexity index is 797. The highest BCUT2D eigenvalue weighted by Gasteiger charge is 2.20. The smallest absolute Gasteiger partial charge is 0.343 e. The number of esters is 1. The zero-order chi connectivity index (χ0) is 18.5. The molecule has 0 bridgehead atoms. The molecule has 2 aromatic rings. The number of likely N-dealkylation sites (tertiary alicyclic amines) is 1. The number of carbonyl (C=O) groups excluding carboxylic acids is 2. The van der Waals surface area contributed by atoms with Gasteiger partial charge in [-0.3, -0.25) is 4.79 Å². The van der Waals surface area contributed by atoms with Crippen LogP contribution in [0.2, 0.25) is 0 Å². The third-order valence-corrected chi connectivity index (χ3v) is 5.44. The Balaban J connectivity index is 1.66. The fourth-order valence-corrected chi connectivity index (χ4v) is 3.81. The summed E-state index contributed by atoms with van der Waals surface area (Å²) in [6.45, 7) is 3.54. The van der Waals surface area contributed by atoms with E-state index in [2.05, 4.69) is 9.69 Å². The van der Waals surface area contributed by atoms with Gasteiger partial charge in [-0.15, -0.1) is 0 Å². The third kappa shape index (κ3) is 4.04. The molecule has 1 amide bonds. The fraction of sp³-hybridized carbons (Fsp3) is 0.421. The van der Waals surface area contributed by atoms with Crippen LogP contribution < -0.4 is 5.32 Å². The Morgan fingerprint density at radius 2 is 2.04 bits per heavy atom. The second-order valence-electron chi connectivity index (χ2n) is 6.35. The molecule has 0 saturated carbocycles. The molecular formula is C19H23N3O3S. The van der Waals surface area contributed by atoms with Crippen molar-refractivity contribution in [2.45, 2.75) is 32.8 Å². The van der Waals surface area contributed by atoms with Crippen molar-refractivity contribution in [1.82, 2.24) is 9.27 Å². The Hall–Kier alpha value is -2.41. The molecule has 1 N–H and O–H groups in total. The first kappa shape index (κ1) is 18.4. The van der Waals surface area contributed by atoms with Gasteiger partial charge in [0, 0.05) is 25.7 Å². The first-order chi connectivity index (χ1) is 12.6. The number of carbonyl (C=O) groups is 2. The zero-order valence-corrected chi connectivity index (χ0v) is 15.9. The van der Waals surface area contributed by atoms with Gasteiger partial charge >= 0.3 is 5.97 Å². The SMILES string of the molecule is CNc1snc(C)c1C(=O)OCc1cccc(C(=O)N2CCCCC2)c1. The largest absolute Gasteiger partial charge is 0.457 e. The summed E-state index contributed by atoms with van der Waals surface area (Å²) in [4.78, 5) is 26.9. The normalized spacial score (nSPS) is 14.2. The molecule has 1 aromatic heterocycles. The standard InChI is InChI=1S/C19H23N3O3S/c1-13-16(17(20-2)26-21-13)19(24)25-12-14-7-6-8-15(11-14)18(23)22-9-4-3-5-10-22/h6-8,11,20H,3-5,9-10,12H2,1-2H3. The minimum Gasteiger partial charge on any atom is -0.457 e. The molecule has 0 spiro atoms. The molecule has 26 heavy (non-hydrogen) atoms. The summed E-state index contributed by atoms with van der Waals surface area (Å²) in [6.07, 6.45) is 3.31. The van der Waals surface area contributed by atoms with Crippen LogP contribution in [0.15, 0.2) is 24.3 Å². The van der Waals surface area contributed by atoms with Gasteiger partial charge in [0.1, 0.15) is 17.2 Å². The maximum absolute atomic E-state index is 12.6. The molecule has 1 aliphatic rings. The summed E-state index contributed by atoms with van der Waals surface area (Å²) in [7, 11) is 1.75. The van der Waals surface area contributed by atoms with Crippen molar-refractivity contribution in [2.24, 2.45) is 0 Å². The number of aromatic nitrogens is 1. The molecular weight excluding hydrogens is 350 g/mol. The van der Waals surface area contributed by atoms with Crippen LogP contribution in [-0.4, -0.2) is 41.3 Å². The van der Waals surface area contributed by atoms with Gasteiger partial charge < -0.3 is 15.0 Å². The van der Waals surface area contributed by atoms with Crippen molar-refractivity contribution in [1.29, 1.82) is 0 Å². The lowest BCUT2D eigenvalue weighted by atomic mass is 10.1. The van der Waals surface area contributed by atoms with E-state index < -0.39 is 5.97 Å². The molecule has 1 aromatic carbocycles. The third-order valence-electron chi connectivity index (χ3n) is 4.48. The van der Waals surface area contributed by atoms with Crippen molar-refractivity contribution in [3.63, 3.8) is 0 Å². The number of benzene rings is 1. The second-order valence-corrected chi connectivity index (χ2v) is 7.12. The molecule has 0 radical (unpaired) electrons. The first-order valence-electron chi connectivity index (χ1n) is 8.79. The lowest BCUT2D eigenvalue weighted by molar-refractivity contribution is 0.0473. The Kier molecular flexibility index (Phi) is 5.88. The highest BCUT2D eigenvalue weighted by molar-refractivity contribution is 7.10. The van der Waals surface area contributed by atoms with Gasteiger partial charge in [-0.25, -0.2) is 4.79 Å². The predicted octanol–water partition coefficient (Wildman–Crippen LogP) is 3.48. The van der Waals surface area contributed by atoms with Crippen LogP contribution in [-0.2, 0) is 11.3 Å². The highest BCUT2D eigenvalue weighted by Crippen LogP contribution is 2.25. The van der Waals surface area contributed by atoms with E-state index in [1.54, 1.807) is 14.0 Å². The molecule has 3 rings (SSSR count). The predicted molar refractivity (Wildman–Crippen MR) is 102 cm³/mol. The Morgan fingerprint density at radius 1 is 1.27 bits per heavy atom. The van der Waals surface area contributed by atoms with Crippen LogP contribution in [0.1, 0.15) is 51.2 Å². The van der Waals surface area contributed by atoms with E-state index >= 15 is 0 Å². The minimum absolute atomic E-state index is 0.0493. The lowest BCUT2D eigenvalue weighted by Crippen LogP contribution is -2.35. The molecule has 0 unspecified atom stereocenters. The van der Waals surface area contributed by atoms with E-state index in [9.17, 15) is 9.59 Å². The number of hydrogen-bond donors (Lipinski definition) is 1. The van der Waals surface area contributed by atoms with Crippen molar-refractivity contribution in [3.05, 3.63) is 46.6 Å². The van der Waals surface area contributed by atoms with Gasteiger partial charge in [-0.05, 0) is 55.4 Å². The quantitative estimate of drug-likeness (QED) is 0.813. The highest BCUT2D eigenvalue weighted by atomic mass is 32.1. The Morgan fingerprint density at radius 3 is 2.77 bits per heavy atom. The molecule has 0 aliphatic carbocycles. The number of nitrogens with zero attached hydrogens (tertiary/aromatic N) is 2. The monoisotopic (exact) mass is 373 g/mol. The van der Waals surface area contributed by atoms with Crippen molar-refractivity contribution in [3.8, 4) is 0 Å². The van der Waals surface area contributed by atoms with E-state index in [0.29, 0.717) is 21.8 Å². The van der Waals surface area contributed by atoms with Crippen LogP contribution in [0, 0.1) is 6.92 Å². The summed E-state index contributed by atoms with van der Waals surface area (Å²) in [5.41, 5.74) is 2.56. The molecule has 1 aliphatic heterocycles. The number of nitrogens with one attached hydrogen (secondary N) is 1. The van der Waals surface area contributed by atoms with E-state index in [1.165, 1.54) is 18.0 Å². The van der Waals surface area contributed by atoms with Crippen LogP contribution in [0.25, 0.3) is 0 Å². The number of piperidine rings is 1. The van der Waals surface area contributed by atoms with Gasteiger partial charge in [0.25, 0.3) is 5.91 Å². The van der Waals surface area contributed by atoms with Crippen LogP contribution >= 0.6 is 11.5 Å². The van der Waals surface area contributed by atoms with Crippen molar-refractivity contribution in [2.75, 3.05) is 25.5 Å². The summed E-state index contributed by atoms with van der Waals surface area (Å²) < 4.78 is 9.62. The number of anilines is 1. The molecule has 1 fully saturated rings. The van der Waals surface area contributed by atoms with Crippen molar-refractivity contribution < 1.29 is 14.3 Å². The van der Waals surface area contributed by atoms with Gasteiger partial charge in [-0.1, -0.05) is 12.1 Å². The average Bonchev–Trinajstić information content (AvgIpc) is 3.07. The summed E-state index contributed by atoms with van der Waals surface area (Å²) >= 11 is 1.24. The maximum Gasteiger partial charge on any atom is 0.343 e. The first-order valence-corrected chi connectivity index (χ1v) is 9.57. The number of ether oxygens (including phenoxy) is 1. The molecule has 7 heteroatoms. The average molecular weight is 373 g/mol. The minimum atomic E-state index is -0.409. The number of hydrogen-bond acceptors (Lipinski definition) is 6. The number of amides is 1. The van der Waals surface area contributed by atoms with Crippen LogP contribution in [0.3, 0.4) is 0 Å². The van der Waals surface area contributed by atoms with Gasteiger partial charge in [0.2, 0.25) is 0 Å². The van der Waals surface area contributed by atoms with Gasteiger partial charge in [-0.2, -0.15) is 4.37 Å². The van der Waals surface area contributed by atoms with E-state index in [0.717, 1.165) is 31.5 Å². The fourth-order valence-electron chi connectivity index (χ4n) is 3.08. The molecule has 138 valence electrons. The van der Waals surface area contributed by atoms with Crippen LogP contribution in [0.4, 0.5) is 5.00 Å². The molecule has 2 heterocycles. The molecule has 1 saturated heterocycles. The lowest BCUT2D eigenvalue weighted by Gasteiger charge is -2.26. The number of rotatable bonds is 5. The maximum atomic E-state index is 12.6. The summed E-state index contributed by atoms with van der Waals surface area (Å²) in [5, 5.41) is 3.66. The van der Waals surface area contributed by atoms with E-state index in [4.69, 9.17) is 4.74 Å².